The number of amides is 2. The number of nitrogens with one attached hydrogen (secondary N) is 1. The van der Waals surface area contributed by atoms with Crippen molar-refractivity contribution in [1.29, 1.82) is 0 Å². The van der Waals surface area contributed by atoms with Crippen LogP contribution < -0.4 is 10.2 Å². The fourth-order valence-electron chi connectivity index (χ4n) is 3.34. The average Bonchev–Trinajstić information content (AvgIpc) is 2.92. The van der Waals surface area contributed by atoms with Crippen LogP contribution in [0.4, 0.5) is 29.6 Å². The van der Waals surface area contributed by atoms with Gasteiger partial charge in [0.1, 0.15) is 11.6 Å². The Labute approximate surface area is 175 Å². The lowest BCUT2D eigenvalue weighted by atomic mass is 10.0. The van der Waals surface area contributed by atoms with Crippen molar-refractivity contribution in [2.45, 2.75) is 19.0 Å². The van der Waals surface area contributed by atoms with Crippen LogP contribution in [-0.2, 0) is 6.18 Å². The summed E-state index contributed by atoms with van der Waals surface area (Å²) in [6.45, 7) is 0.233. The zero-order chi connectivity index (χ0) is 22.0. The fraction of sp³-hybridized carbons (Fsp3) is 0.182. The van der Waals surface area contributed by atoms with Crippen molar-refractivity contribution in [2.24, 2.45) is 0 Å². The third kappa shape index (κ3) is 4.40. The number of hydrogen-bond donors (Lipinski definition) is 1. The largest absolute Gasteiger partial charge is 0.416 e. The predicted octanol–water partition coefficient (Wildman–Crippen LogP) is 5.18. The summed E-state index contributed by atoms with van der Waals surface area (Å²) < 4.78 is 39.3. The second kappa shape index (κ2) is 8.17. The average molecular weight is 426 g/mol. The van der Waals surface area contributed by atoms with Gasteiger partial charge in [-0.1, -0.05) is 18.2 Å². The summed E-state index contributed by atoms with van der Waals surface area (Å²) in [5.41, 5.74) is -0.0819. The summed E-state index contributed by atoms with van der Waals surface area (Å²) in [6, 6.07) is 12.3. The first-order chi connectivity index (χ1) is 14.8. The molecular formula is C22H17F3N4O2. The number of carbonyl (C=O) groups excluding carboxylic acids is 2. The van der Waals surface area contributed by atoms with Gasteiger partial charge in [-0.25, -0.2) is 14.8 Å². The number of nitrogens with zero attached hydrogens (tertiary/aromatic N) is 3. The summed E-state index contributed by atoms with van der Waals surface area (Å²) in [5, 5.41) is 2.66. The molecule has 158 valence electrons. The van der Waals surface area contributed by atoms with Gasteiger partial charge in [-0.15, -0.1) is 0 Å². The van der Waals surface area contributed by atoms with E-state index in [4.69, 9.17) is 0 Å². The normalized spacial score (nSPS) is 14.0. The van der Waals surface area contributed by atoms with E-state index in [0.717, 1.165) is 12.1 Å². The highest BCUT2D eigenvalue weighted by Gasteiger charge is 2.31. The van der Waals surface area contributed by atoms with Crippen LogP contribution in [0.1, 0.15) is 28.8 Å². The highest BCUT2D eigenvalue weighted by molar-refractivity contribution is 6.08. The maximum atomic E-state index is 13.1. The number of pyridine rings is 2. The van der Waals surface area contributed by atoms with Gasteiger partial charge in [0.05, 0.1) is 16.8 Å². The van der Waals surface area contributed by atoms with E-state index in [1.165, 1.54) is 35.4 Å². The molecule has 31 heavy (non-hydrogen) atoms. The molecule has 0 aliphatic carbocycles. The number of benzene rings is 1. The van der Waals surface area contributed by atoms with Gasteiger partial charge >= 0.3 is 12.2 Å². The number of hydrogen-bond acceptors (Lipinski definition) is 4. The number of urea groups is 1. The van der Waals surface area contributed by atoms with Gasteiger partial charge in [0.2, 0.25) is 0 Å². The van der Waals surface area contributed by atoms with E-state index in [0.29, 0.717) is 12.2 Å². The van der Waals surface area contributed by atoms with E-state index in [9.17, 15) is 22.8 Å². The molecule has 0 unspecified atom stereocenters. The molecule has 0 spiro atoms. The van der Waals surface area contributed by atoms with Crippen LogP contribution in [-0.4, -0.2) is 28.3 Å². The first-order valence-corrected chi connectivity index (χ1v) is 9.54. The smallest absolute Gasteiger partial charge is 0.294 e. The molecule has 0 saturated carbocycles. The molecule has 2 aromatic heterocycles. The van der Waals surface area contributed by atoms with Crippen LogP contribution in [0.3, 0.4) is 0 Å². The van der Waals surface area contributed by atoms with E-state index in [1.807, 2.05) is 0 Å². The summed E-state index contributed by atoms with van der Waals surface area (Å²) in [4.78, 5) is 35.2. The van der Waals surface area contributed by atoms with Crippen molar-refractivity contribution in [3.63, 3.8) is 0 Å². The highest BCUT2D eigenvalue weighted by atomic mass is 19.4. The molecule has 0 radical (unpaired) electrons. The van der Waals surface area contributed by atoms with Gasteiger partial charge in [-0.05, 0) is 42.8 Å². The SMILES string of the molecule is O=C1CCCN(C(=O)Nc2ccccn2)c2nc(-c3cccc(C(F)(F)F)c3)ccc21. The number of fused-ring (bicyclic) bond motifs is 1. The van der Waals surface area contributed by atoms with Crippen molar-refractivity contribution in [3.8, 4) is 11.3 Å². The Kier molecular flexibility index (Phi) is 5.41. The van der Waals surface area contributed by atoms with Crippen LogP contribution in [0.5, 0.6) is 0 Å². The van der Waals surface area contributed by atoms with Gasteiger partial charge in [0.15, 0.2) is 5.78 Å². The van der Waals surface area contributed by atoms with E-state index in [-0.39, 0.29) is 41.4 Å². The molecule has 1 aliphatic heterocycles. The zero-order valence-corrected chi connectivity index (χ0v) is 16.2. The van der Waals surface area contributed by atoms with E-state index in [1.54, 1.807) is 18.2 Å². The number of carbonyl (C=O) groups is 2. The third-order valence-electron chi connectivity index (χ3n) is 4.85. The number of halogens is 3. The third-order valence-corrected chi connectivity index (χ3v) is 4.85. The second-order valence-electron chi connectivity index (χ2n) is 6.97. The first kappa shape index (κ1) is 20.5. The van der Waals surface area contributed by atoms with E-state index < -0.39 is 17.8 Å². The summed E-state index contributed by atoms with van der Waals surface area (Å²) in [5.74, 6) is 0.274. The molecule has 1 aromatic carbocycles. The zero-order valence-electron chi connectivity index (χ0n) is 16.2. The molecule has 3 aromatic rings. The van der Waals surface area contributed by atoms with Crippen LogP contribution in [0.25, 0.3) is 11.3 Å². The van der Waals surface area contributed by atoms with E-state index >= 15 is 0 Å². The van der Waals surface area contributed by atoms with Gasteiger partial charge in [-0.3, -0.25) is 15.0 Å². The van der Waals surface area contributed by atoms with Gasteiger partial charge in [-0.2, -0.15) is 13.2 Å². The quantitative estimate of drug-likeness (QED) is 0.613. The Bertz CT molecular complexity index is 1130. The summed E-state index contributed by atoms with van der Waals surface area (Å²) in [7, 11) is 0. The second-order valence-corrected chi connectivity index (χ2v) is 6.97. The number of ketones is 1. The molecule has 3 heterocycles. The fourth-order valence-corrected chi connectivity index (χ4v) is 3.34. The lowest BCUT2D eigenvalue weighted by Gasteiger charge is -2.22. The van der Waals surface area contributed by atoms with Gasteiger partial charge in [0, 0.05) is 24.7 Å². The monoisotopic (exact) mass is 426 g/mol. The Morgan fingerprint density at radius 1 is 1.06 bits per heavy atom. The number of alkyl halides is 3. The van der Waals surface area contributed by atoms with Crippen molar-refractivity contribution in [3.05, 3.63) is 71.9 Å². The van der Waals surface area contributed by atoms with Crippen molar-refractivity contribution < 1.29 is 22.8 Å². The lowest BCUT2D eigenvalue weighted by Crippen LogP contribution is -2.36. The topological polar surface area (TPSA) is 75.2 Å². The molecule has 0 saturated heterocycles. The molecule has 1 N–H and O–H groups in total. The molecule has 0 atom stereocenters. The first-order valence-electron chi connectivity index (χ1n) is 9.54. The van der Waals surface area contributed by atoms with Crippen LogP contribution >= 0.6 is 0 Å². The molecule has 6 nitrogen and oxygen atoms in total. The standard InChI is InChI=1S/C22H17F3N4O2/c23-22(24,25)15-6-3-5-14(13-15)17-10-9-16-18(30)7-4-12-29(20(16)27-17)21(31)28-19-8-1-2-11-26-19/h1-3,5-6,8-11,13H,4,7,12H2,(H,26,28,31). The molecular weight excluding hydrogens is 409 g/mol. The number of aromatic nitrogens is 2. The van der Waals surface area contributed by atoms with Crippen molar-refractivity contribution in [2.75, 3.05) is 16.8 Å². The Hall–Kier alpha value is -3.75. The molecule has 9 heteroatoms. The van der Waals surface area contributed by atoms with Crippen molar-refractivity contribution >= 4 is 23.5 Å². The van der Waals surface area contributed by atoms with Gasteiger partial charge < -0.3 is 0 Å². The van der Waals surface area contributed by atoms with Crippen LogP contribution in [0.15, 0.2) is 60.8 Å². The maximum absolute atomic E-state index is 13.1. The maximum Gasteiger partial charge on any atom is 0.416 e. The van der Waals surface area contributed by atoms with E-state index in [2.05, 4.69) is 15.3 Å². The molecule has 1 aliphatic rings. The Balaban J connectivity index is 1.74. The minimum Gasteiger partial charge on any atom is -0.294 e. The molecule has 0 bridgehead atoms. The summed E-state index contributed by atoms with van der Waals surface area (Å²) >= 11 is 0. The van der Waals surface area contributed by atoms with Gasteiger partial charge in [0.25, 0.3) is 0 Å². The highest BCUT2D eigenvalue weighted by Crippen LogP contribution is 2.33. The van der Waals surface area contributed by atoms with Crippen LogP contribution in [0.2, 0.25) is 0 Å². The minimum atomic E-state index is -4.49. The van der Waals surface area contributed by atoms with Crippen molar-refractivity contribution in [1.82, 2.24) is 9.97 Å². The minimum absolute atomic E-state index is 0.117. The number of anilines is 2. The van der Waals surface area contributed by atoms with Crippen LogP contribution in [0, 0.1) is 0 Å². The molecule has 0 fully saturated rings. The Morgan fingerprint density at radius 2 is 1.90 bits per heavy atom. The molecule has 2 amide bonds. The molecule has 4 rings (SSSR count). The number of Topliss-reactive ketones (excluding diaryl/α,β-unsaturated/α-hetero) is 1. The predicted molar refractivity (Wildman–Crippen MR) is 109 cm³/mol. The number of rotatable bonds is 2. The Morgan fingerprint density at radius 3 is 2.65 bits per heavy atom. The summed E-state index contributed by atoms with van der Waals surface area (Å²) in [6.07, 6.45) is -2.29. The lowest BCUT2D eigenvalue weighted by molar-refractivity contribution is -0.137.